The molecule has 1 aromatic carbocycles. The molecule has 0 fully saturated rings. The minimum atomic E-state index is -0.822. The van der Waals surface area contributed by atoms with E-state index in [0.29, 0.717) is 29.4 Å². The smallest absolute Gasteiger partial charge is 0.163 e. The number of aliphatic hydroxyl groups excluding tert-OH is 1. The molecular formula is C20H18N2O4. The molecule has 3 aromatic rings. The van der Waals surface area contributed by atoms with Crippen LogP contribution in [0.25, 0.3) is 0 Å². The Kier molecular flexibility index (Phi) is 4.66. The van der Waals surface area contributed by atoms with Gasteiger partial charge in [0.25, 0.3) is 0 Å². The fourth-order valence-electron chi connectivity index (χ4n) is 2.77. The third-order valence-corrected chi connectivity index (χ3v) is 4.09. The Labute approximate surface area is 151 Å². The van der Waals surface area contributed by atoms with E-state index < -0.39 is 12.2 Å². The number of hydrogen-bond acceptors (Lipinski definition) is 6. The summed E-state index contributed by atoms with van der Waals surface area (Å²) < 4.78 is 17.3. The van der Waals surface area contributed by atoms with Crippen molar-refractivity contribution in [1.82, 2.24) is 9.97 Å². The van der Waals surface area contributed by atoms with E-state index in [4.69, 9.17) is 14.2 Å². The van der Waals surface area contributed by atoms with Crippen LogP contribution in [0.5, 0.6) is 17.2 Å². The lowest BCUT2D eigenvalue weighted by molar-refractivity contribution is -0.0106. The summed E-state index contributed by atoms with van der Waals surface area (Å²) in [5.74, 6) is 1.86. The topological polar surface area (TPSA) is 73.7 Å². The molecule has 0 spiro atoms. The molecule has 26 heavy (non-hydrogen) atoms. The Morgan fingerprint density at radius 2 is 2.04 bits per heavy atom. The molecule has 0 saturated heterocycles. The van der Waals surface area contributed by atoms with Gasteiger partial charge in [-0.3, -0.25) is 9.97 Å². The molecule has 0 amide bonds. The van der Waals surface area contributed by atoms with Crippen LogP contribution in [-0.2, 0) is 6.61 Å². The minimum Gasteiger partial charge on any atom is -0.489 e. The van der Waals surface area contributed by atoms with Gasteiger partial charge in [0.2, 0.25) is 0 Å². The van der Waals surface area contributed by atoms with Crippen molar-refractivity contribution < 1.29 is 19.3 Å². The molecule has 2 aromatic heterocycles. The number of ether oxygens (including phenoxy) is 3. The highest BCUT2D eigenvalue weighted by atomic mass is 16.5. The normalized spacial score (nSPS) is 18.5. The molecule has 6 heteroatoms. The second kappa shape index (κ2) is 7.41. The van der Waals surface area contributed by atoms with Crippen molar-refractivity contribution in [2.75, 3.05) is 6.61 Å². The Morgan fingerprint density at radius 1 is 1.08 bits per heavy atom. The van der Waals surface area contributed by atoms with Gasteiger partial charge in [-0.15, -0.1) is 0 Å². The van der Waals surface area contributed by atoms with E-state index >= 15 is 0 Å². The molecule has 1 N–H and O–H groups in total. The third-order valence-electron chi connectivity index (χ3n) is 4.09. The summed E-state index contributed by atoms with van der Waals surface area (Å²) in [6.45, 7) is 0.614. The summed E-state index contributed by atoms with van der Waals surface area (Å²) in [5, 5.41) is 10.7. The average Bonchev–Trinajstić information content (AvgIpc) is 2.70. The lowest BCUT2D eigenvalue weighted by Crippen LogP contribution is -2.35. The zero-order valence-corrected chi connectivity index (χ0v) is 14.0. The first-order chi connectivity index (χ1) is 12.8. The van der Waals surface area contributed by atoms with E-state index in [1.165, 1.54) is 0 Å². The SMILES string of the molecule is O[C@@H]1c2cc(OCc3ccccn3)ccc2OC[C@@H]1Oc1cccnc1. The number of aliphatic hydroxyl groups is 1. The van der Waals surface area contributed by atoms with Gasteiger partial charge in [-0.2, -0.15) is 0 Å². The summed E-state index contributed by atoms with van der Waals surface area (Å²) in [7, 11) is 0. The lowest BCUT2D eigenvalue weighted by Gasteiger charge is -2.30. The van der Waals surface area contributed by atoms with E-state index in [-0.39, 0.29) is 6.61 Å². The number of aromatic nitrogens is 2. The largest absolute Gasteiger partial charge is 0.489 e. The molecule has 132 valence electrons. The Bertz CT molecular complexity index is 858. The van der Waals surface area contributed by atoms with E-state index in [9.17, 15) is 5.11 Å². The van der Waals surface area contributed by atoms with Crippen LogP contribution in [0.1, 0.15) is 17.4 Å². The van der Waals surface area contributed by atoms with E-state index in [2.05, 4.69) is 9.97 Å². The monoisotopic (exact) mass is 350 g/mol. The van der Waals surface area contributed by atoms with Gasteiger partial charge in [-0.05, 0) is 42.5 Å². The predicted molar refractivity (Wildman–Crippen MR) is 94.1 cm³/mol. The number of fused-ring (bicyclic) bond motifs is 1. The maximum atomic E-state index is 10.7. The first-order valence-corrected chi connectivity index (χ1v) is 8.34. The maximum Gasteiger partial charge on any atom is 0.163 e. The Hall–Kier alpha value is -3.12. The van der Waals surface area contributed by atoms with E-state index in [1.54, 1.807) is 42.9 Å². The molecular weight excluding hydrogens is 332 g/mol. The van der Waals surface area contributed by atoms with Crippen molar-refractivity contribution in [3.63, 3.8) is 0 Å². The highest BCUT2D eigenvalue weighted by Gasteiger charge is 2.31. The van der Waals surface area contributed by atoms with Gasteiger partial charge in [-0.25, -0.2) is 0 Å². The number of benzene rings is 1. The van der Waals surface area contributed by atoms with E-state index in [1.807, 2.05) is 24.3 Å². The van der Waals surface area contributed by atoms with Crippen molar-refractivity contribution in [3.05, 3.63) is 78.4 Å². The molecule has 1 aliphatic heterocycles. The van der Waals surface area contributed by atoms with Crippen LogP contribution in [0, 0.1) is 0 Å². The maximum absolute atomic E-state index is 10.7. The van der Waals surface area contributed by atoms with E-state index in [0.717, 1.165) is 5.69 Å². The Balaban J connectivity index is 1.48. The van der Waals surface area contributed by atoms with Crippen molar-refractivity contribution in [3.8, 4) is 17.2 Å². The molecule has 0 saturated carbocycles. The third kappa shape index (κ3) is 3.60. The van der Waals surface area contributed by atoms with Gasteiger partial charge in [0, 0.05) is 18.0 Å². The van der Waals surface area contributed by atoms with Crippen LogP contribution in [0.15, 0.2) is 67.1 Å². The first-order valence-electron chi connectivity index (χ1n) is 8.34. The summed E-state index contributed by atoms with van der Waals surface area (Å²) in [6.07, 6.45) is 3.66. The summed E-state index contributed by atoms with van der Waals surface area (Å²) in [6, 6.07) is 14.6. The fourth-order valence-corrected chi connectivity index (χ4v) is 2.77. The van der Waals surface area contributed by atoms with Crippen LogP contribution < -0.4 is 14.2 Å². The molecule has 3 heterocycles. The van der Waals surface area contributed by atoms with Gasteiger partial charge in [-0.1, -0.05) is 6.07 Å². The second-order valence-electron chi connectivity index (χ2n) is 5.91. The van der Waals surface area contributed by atoms with Gasteiger partial charge in [0.15, 0.2) is 6.10 Å². The summed E-state index contributed by atoms with van der Waals surface area (Å²) in [5.41, 5.74) is 1.48. The molecule has 0 unspecified atom stereocenters. The van der Waals surface area contributed by atoms with Gasteiger partial charge < -0.3 is 19.3 Å². The molecule has 1 aliphatic rings. The average molecular weight is 350 g/mol. The van der Waals surface area contributed by atoms with Gasteiger partial charge in [0.05, 0.1) is 11.9 Å². The summed E-state index contributed by atoms with van der Waals surface area (Å²) >= 11 is 0. The van der Waals surface area contributed by atoms with Crippen molar-refractivity contribution >= 4 is 0 Å². The highest BCUT2D eigenvalue weighted by Crippen LogP contribution is 2.36. The molecule has 0 bridgehead atoms. The quantitative estimate of drug-likeness (QED) is 0.763. The molecule has 6 nitrogen and oxygen atoms in total. The lowest BCUT2D eigenvalue weighted by atomic mass is 10.0. The number of hydrogen-bond donors (Lipinski definition) is 1. The first kappa shape index (κ1) is 16.4. The van der Waals surface area contributed by atoms with Crippen LogP contribution in [0.3, 0.4) is 0 Å². The molecule has 4 rings (SSSR count). The number of nitrogens with zero attached hydrogens (tertiary/aromatic N) is 2. The van der Waals surface area contributed by atoms with Crippen molar-refractivity contribution in [2.45, 2.75) is 18.8 Å². The molecule has 2 atom stereocenters. The van der Waals surface area contributed by atoms with Crippen LogP contribution >= 0.6 is 0 Å². The fraction of sp³-hybridized carbons (Fsp3) is 0.200. The van der Waals surface area contributed by atoms with Gasteiger partial charge >= 0.3 is 0 Å². The summed E-state index contributed by atoms with van der Waals surface area (Å²) in [4.78, 5) is 8.24. The van der Waals surface area contributed by atoms with Crippen LogP contribution in [0.4, 0.5) is 0 Å². The van der Waals surface area contributed by atoms with Crippen LogP contribution in [-0.4, -0.2) is 27.8 Å². The zero-order valence-electron chi connectivity index (χ0n) is 14.0. The van der Waals surface area contributed by atoms with Crippen LogP contribution in [0.2, 0.25) is 0 Å². The molecule has 0 radical (unpaired) electrons. The minimum absolute atomic E-state index is 0.261. The molecule has 0 aliphatic carbocycles. The van der Waals surface area contributed by atoms with Crippen molar-refractivity contribution in [1.29, 1.82) is 0 Å². The van der Waals surface area contributed by atoms with Gasteiger partial charge in [0.1, 0.15) is 36.6 Å². The highest BCUT2D eigenvalue weighted by molar-refractivity contribution is 5.43. The Morgan fingerprint density at radius 3 is 2.85 bits per heavy atom. The zero-order chi connectivity index (χ0) is 17.8. The number of pyridine rings is 2. The number of rotatable bonds is 5. The predicted octanol–water partition coefficient (Wildman–Crippen LogP) is 2.93. The standard InChI is InChI=1S/C20H18N2O4/c23-20-17-10-15(24-12-14-4-1-2-9-22-14)6-7-18(17)25-13-19(20)26-16-5-3-8-21-11-16/h1-11,19-20,23H,12-13H2/t19-,20+/m0/s1. The second-order valence-corrected chi connectivity index (χ2v) is 5.91. The van der Waals surface area contributed by atoms with Crippen molar-refractivity contribution in [2.24, 2.45) is 0 Å².